The number of esters is 3. The molecule has 6 atom stereocenters. The zero-order chi connectivity index (χ0) is 53.3. The Balaban J connectivity index is 2.75. The lowest BCUT2D eigenvalue weighted by atomic mass is 9.98. The van der Waals surface area contributed by atoms with Gasteiger partial charge in [-0.05, 0) is 116 Å². The summed E-state index contributed by atoms with van der Waals surface area (Å²) in [6, 6.07) is 0. The number of aliphatic carboxylic acids is 1. The Bertz CT molecular complexity index is 1640. The first-order chi connectivity index (χ1) is 35.6. The molecule has 6 unspecified atom stereocenters. The third kappa shape index (κ3) is 38.8. The van der Waals surface area contributed by atoms with Gasteiger partial charge in [0.25, 0.3) is 0 Å². The van der Waals surface area contributed by atoms with Crippen molar-refractivity contribution in [2.45, 2.75) is 250 Å². The summed E-state index contributed by atoms with van der Waals surface area (Å²) in [6.07, 6.45) is 51.0. The van der Waals surface area contributed by atoms with E-state index in [-0.39, 0.29) is 25.9 Å². The highest BCUT2D eigenvalue weighted by Crippen LogP contribution is 2.26. The molecule has 0 aromatic carbocycles. The standard InChI is InChI=1S/C61H98O12/c1-4-7-10-13-16-19-22-25-27-30-32-35-38-41-44-47-53(62)69-50-52(71-54(63)48-45-42-39-36-34-31-28-26-23-20-17-14-11-8-5-2)51-70-61-59(57(66)56(65)58(73-61)60(67)68)72-55(64)49-46-43-40-37-33-29-24-21-18-15-12-9-6-3/h7,9-10,12,16-21,25-29,33,52,56-59,61,65-66H,4-6,8,11,13-15,22-24,30-32,34-51H2,1-3H3,(H,67,68)/b10-7-,12-9-,19-16-,20-17-,21-18-,27-25-,28-26-,33-29-. The minimum atomic E-state index is -1.92. The van der Waals surface area contributed by atoms with Crippen LogP contribution in [0.2, 0.25) is 0 Å². The van der Waals surface area contributed by atoms with E-state index in [1.807, 2.05) is 0 Å². The van der Waals surface area contributed by atoms with Gasteiger partial charge in [0.2, 0.25) is 0 Å². The topological polar surface area (TPSA) is 175 Å². The van der Waals surface area contributed by atoms with E-state index in [2.05, 4.69) is 118 Å². The average molecular weight is 1020 g/mol. The van der Waals surface area contributed by atoms with Gasteiger partial charge >= 0.3 is 23.9 Å². The molecule has 1 rings (SSSR count). The minimum absolute atomic E-state index is 0.0175. The Hall–Kier alpha value is -4.36. The number of hydrogen-bond acceptors (Lipinski definition) is 11. The Kier molecular flexibility index (Phi) is 44.4. The van der Waals surface area contributed by atoms with Crippen LogP contribution in [0.15, 0.2) is 97.2 Å². The van der Waals surface area contributed by atoms with E-state index < -0.39 is 67.3 Å². The van der Waals surface area contributed by atoms with Gasteiger partial charge in [-0.25, -0.2) is 4.79 Å². The molecule has 1 heterocycles. The maximum Gasteiger partial charge on any atom is 0.335 e. The largest absolute Gasteiger partial charge is 0.479 e. The van der Waals surface area contributed by atoms with Gasteiger partial charge in [-0.2, -0.15) is 0 Å². The molecule has 0 aromatic rings. The summed E-state index contributed by atoms with van der Waals surface area (Å²) < 4.78 is 28.3. The number of aliphatic hydroxyl groups is 2. The molecule has 1 aliphatic rings. The van der Waals surface area contributed by atoms with E-state index in [4.69, 9.17) is 23.7 Å². The van der Waals surface area contributed by atoms with Crippen LogP contribution in [-0.4, -0.2) is 89.2 Å². The van der Waals surface area contributed by atoms with Crippen molar-refractivity contribution in [3.05, 3.63) is 97.2 Å². The molecule has 12 nitrogen and oxygen atoms in total. The third-order valence-electron chi connectivity index (χ3n) is 12.1. The van der Waals surface area contributed by atoms with Crippen LogP contribution in [0, 0.1) is 0 Å². The minimum Gasteiger partial charge on any atom is -0.479 e. The predicted octanol–water partition coefficient (Wildman–Crippen LogP) is 14.1. The van der Waals surface area contributed by atoms with Crippen LogP contribution >= 0.6 is 0 Å². The fraction of sp³-hybridized carbons (Fsp3) is 0.672. The van der Waals surface area contributed by atoms with Crippen molar-refractivity contribution < 1.29 is 58.2 Å². The van der Waals surface area contributed by atoms with Gasteiger partial charge in [0.1, 0.15) is 18.8 Å². The number of ether oxygens (including phenoxy) is 5. The Morgan fingerprint density at radius 1 is 0.466 bits per heavy atom. The fourth-order valence-corrected chi connectivity index (χ4v) is 7.84. The van der Waals surface area contributed by atoms with E-state index in [0.717, 1.165) is 135 Å². The first kappa shape index (κ1) is 66.7. The molecular weight excluding hydrogens is 925 g/mol. The lowest BCUT2D eigenvalue weighted by Gasteiger charge is -2.40. The van der Waals surface area contributed by atoms with Gasteiger partial charge in [0.15, 0.2) is 24.6 Å². The molecule has 0 saturated carbocycles. The van der Waals surface area contributed by atoms with Crippen LogP contribution in [0.4, 0.5) is 0 Å². The van der Waals surface area contributed by atoms with E-state index >= 15 is 0 Å². The summed E-state index contributed by atoms with van der Waals surface area (Å²) in [5.41, 5.74) is 0. The SMILES string of the molecule is CC/C=C\C/C=C\C/C=C\CCCCCCCC(=O)OCC(COC1OC(C(=O)O)C(O)C(O)C1OC(=O)CCCCC/C=C\C/C=C\C/C=C\CC)OC(=O)CCCCCCC/C=C\C/C=C\CCCCC. The number of unbranched alkanes of at least 4 members (excludes halogenated alkanes) is 16. The molecule has 73 heavy (non-hydrogen) atoms. The summed E-state index contributed by atoms with van der Waals surface area (Å²) >= 11 is 0. The quantitative estimate of drug-likeness (QED) is 0.0228. The Morgan fingerprint density at radius 3 is 1.33 bits per heavy atom. The van der Waals surface area contributed by atoms with Crippen molar-refractivity contribution in [2.24, 2.45) is 0 Å². The number of rotatable bonds is 46. The van der Waals surface area contributed by atoms with Gasteiger partial charge in [-0.15, -0.1) is 0 Å². The molecule has 0 spiro atoms. The Morgan fingerprint density at radius 2 is 0.863 bits per heavy atom. The van der Waals surface area contributed by atoms with Gasteiger partial charge in [-0.3, -0.25) is 14.4 Å². The molecule has 0 amide bonds. The van der Waals surface area contributed by atoms with Crippen molar-refractivity contribution in [3.8, 4) is 0 Å². The monoisotopic (exact) mass is 1020 g/mol. The lowest BCUT2D eigenvalue weighted by molar-refractivity contribution is -0.301. The van der Waals surface area contributed by atoms with Crippen molar-refractivity contribution in [2.75, 3.05) is 13.2 Å². The highest BCUT2D eigenvalue weighted by molar-refractivity contribution is 5.74. The summed E-state index contributed by atoms with van der Waals surface area (Å²) in [6.45, 7) is 5.68. The highest BCUT2D eigenvalue weighted by Gasteiger charge is 2.50. The smallest absolute Gasteiger partial charge is 0.335 e. The van der Waals surface area contributed by atoms with Crippen LogP contribution in [0.5, 0.6) is 0 Å². The number of aliphatic hydroxyl groups excluding tert-OH is 2. The van der Waals surface area contributed by atoms with Crippen LogP contribution in [0.25, 0.3) is 0 Å². The van der Waals surface area contributed by atoms with E-state index in [9.17, 15) is 34.5 Å². The molecule has 3 N–H and O–H groups in total. The number of carbonyl (C=O) groups is 4. The van der Waals surface area contributed by atoms with Crippen LogP contribution in [-0.2, 0) is 42.9 Å². The van der Waals surface area contributed by atoms with Gasteiger partial charge in [0, 0.05) is 19.3 Å². The van der Waals surface area contributed by atoms with Crippen LogP contribution < -0.4 is 0 Å². The van der Waals surface area contributed by atoms with Gasteiger partial charge in [-0.1, -0.05) is 176 Å². The lowest BCUT2D eigenvalue weighted by Crippen LogP contribution is -2.61. The Labute approximate surface area is 441 Å². The fourth-order valence-electron chi connectivity index (χ4n) is 7.84. The van der Waals surface area contributed by atoms with E-state index in [1.54, 1.807) is 0 Å². The zero-order valence-corrected chi connectivity index (χ0v) is 45.3. The maximum absolute atomic E-state index is 13.1. The average Bonchev–Trinajstić information content (AvgIpc) is 3.37. The first-order valence-electron chi connectivity index (χ1n) is 28.2. The molecule has 12 heteroatoms. The summed E-state index contributed by atoms with van der Waals surface area (Å²) in [4.78, 5) is 51.0. The van der Waals surface area contributed by atoms with E-state index in [1.165, 1.54) is 19.3 Å². The highest BCUT2D eigenvalue weighted by atomic mass is 16.7. The molecule has 0 radical (unpaired) electrons. The van der Waals surface area contributed by atoms with Gasteiger partial charge in [0.05, 0.1) is 6.61 Å². The predicted molar refractivity (Wildman–Crippen MR) is 294 cm³/mol. The molecule has 1 fully saturated rings. The van der Waals surface area contributed by atoms with E-state index in [0.29, 0.717) is 19.3 Å². The second-order valence-corrected chi connectivity index (χ2v) is 18.8. The molecule has 0 aromatic heterocycles. The number of hydrogen-bond donors (Lipinski definition) is 3. The number of carboxylic acids is 1. The number of carboxylic acid groups (broad SMARTS) is 1. The first-order valence-corrected chi connectivity index (χ1v) is 28.2. The molecule has 1 saturated heterocycles. The van der Waals surface area contributed by atoms with Crippen molar-refractivity contribution in [3.63, 3.8) is 0 Å². The molecule has 1 aliphatic heterocycles. The normalized spacial score (nSPS) is 19.1. The molecular formula is C61H98O12. The number of carbonyl (C=O) groups excluding carboxylic acids is 3. The maximum atomic E-state index is 13.1. The second-order valence-electron chi connectivity index (χ2n) is 18.8. The van der Waals surface area contributed by atoms with Crippen molar-refractivity contribution in [1.82, 2.24) is 0 Å². The van der Waals surface area contributed by atoms with Crippen molar-refractivity contribution in [1.29, 1.82) is 0 Å². The van der Waals surface area contributed by atoms with Crippen LogP contribution in [0.3, 0.4) is 0 Å². The summed E-state index contributed by atoms with van der Waals surface area (Å²) in [7, 11) is 0. The van der Waals surface area contributed by atoms with Crippen molar-refractivity contribution >= 4 is 23.9 Å². The number of allylic oxidation sites excluding steroid dienone is 16. The second kappa shape index (κ2) is 48.6. The van der Waals surface area contributed by atoms with Gasteiger partial charge < -0.3 is 39.0 Å². The molecule has 414 valence electrons. The summed E-state index contributed by atoms with van der Waals surface area (Å²) in [5, 5.41) is 31.4. The molecule has 0 aliphatic carbocycles. The zero-order valence-electron chi connectivity index (χ0n) is 45.3. The summed E-state index contributed by atoms with van der Waals surface area (Å²) in [5.74, 6) is -3.21. The van der Waals surface area contributed by atoms with Crippen LogP contribution in [0.1, 0.15) is 213 Å². The third-order valence-corrected chi connectivity index (χ3v) is 12.1. The molecule has 0 bridgehead atoms.